The molecule has 1 saturated heterocycles. The van der Waals surface area contributed by atoms with Crippen LogP contribution < -0.4 is 5.32 Å². The quantitative estimate of drug-likeness (QED) is 0.629. The number of aryl methyl sites for hydroxylation is 1. The van der Waals surface area contributed by atoms with Crippen LogP contribution in [0, 0.1) is 5.82 Å². The second kappa shape index (κ2) is 8.21. The van der Waals surface area contributed by atoms with Crippen molar-refractivity contribution in [3.63, 3.8) is 0 Å². The van der Waals surface area contributed by atoms with Gasteiger partial charge in [-0.25, -0.2) is 9.18 Å². The Hall–Kier alpha value is -3.09. The number of likely N-dealkylation sites (tertiary alicyclic amines) is 1. The maximum Gasteiger partial charge on any atom is 0.410 e. The minimum absolute atomic E-state index is 0.243. The van der Waals surface area contributed by atoms with E-state index in [0.29, 0.717) is 13.1 Å². The molecule has 1 aliphatic heterocycles. The van der Waals surface area contributed by atoms with E-state index in [-0.39, 0.29) is 18.0 Å². The molecule has 1 aromatic heterocycles. The molecule has 0 saturated carbocycles. The zero-order valence-corrected chi connectivity index (χ0v) is 18.5. The van der Waals surface area contributed by atoms with E-state index >= 15 is 0 Å². The standard InChI is InChI=1S/C24H29FN4O2/c1-24(2,3)31-23(30)29-12-10-18(11-13-29)26-19-8-9-20-21(15-19)28(4)27-22(20)16-6-5-7-17(25)14-16/h5-9,14-15,18,26H,10-13H2,1-4H3. The lowest BCUT2D eigenvalue weighted by molar-refractivity contribution is 0.0210. The number of amides is 1. The van der Waals surface area contributed by atoms with Gasteiger partial charge in [-0.1, -0.05) is 12.1 Å². The number of carbonyl (C=O) groups is 1. The van der Waals surface area contributed by atoms with E-state index in [0.717, 1.165) is 40.7 Å². The van der Waals surface area contributed by atoms with Crippen LogP contribution in [-0.2, 0) is 11.8 Å². The Morgan fingerprint density at radius 2 is 1.90 bits per heavy atom. The smallest absolute Gasteiger partial charge is 0.410 e. The van der Waals surface area contributed by atoms with Crippen LogP contribution in [0.15, 0.2) is 42.5 Å². The number of nitrogens with one attached hydrogen (secondary N) is 1. The fourth-order valence-electron chi connectivity index (χ4n) is 3.96. The average molecular weight is 425 g/mol. The molecule has 1 amide bonds. The average Bonchev–Trinajstić information content (AvgIpc) is 3.03. The van der Waals surface area contributed by atoms with Crippen LogP contribution in [0.4, 0.5) is 14.9 Å². The van der Waals surface area contributed by atoms with Crippen molar-refractivity contribution < 1.29 is 13.9 Å². The number of nitrogens with zero attached hydrogens (tertiary/aromatic N) is 3. The SMILES string of the molecule is Cn1nc(-c2cccc(F)c2)c2ccc(NC3CCN(C(=O)OC(C)(C)C)CC3)cc21. The third kappa shape index (κ3) is 4.81. The Labute approximate surface area is 182 Å². The number of piperidine rings is 1. The van der Waals surface area contributed by atoms with Crippen molar-refractivity contribution in [2.75, 3.05) is 18.4 Å². The number of anilines is 1. The van der Waals surface area contributed by atoms with Gasteiger partial charge in [0.05, 0.1) is 5.52 Å². The molecule has 0 atom stereocenters. The van der Waals surface area contributed by atoms with Gasteiger partial charge >= 0.3 is 6.09 Å². The Morgan fingerprint density at radius 1 is 1.16 bits per heavy atom. The number of aromatic nitrogens is 2. The molecular formula is C24H29FN4O2. The van der Waals surface area contributed by atoms with Crippen LogP contribution in [-0.4, -0.2) is 45.5 Å². The number of carbonyl (C=O) groups excluding carboxylic acids is 1. The van der Waals surface area contributed by atoms with Crippen LogP contribution in [0.1, 0.15) is 33.6 Å². The largest absolute Gasteiger partial charge is 0.444 e. The van der Waals surface area contributed by atoms with Crippen molar-refractivity contribution in [1.82, 2.24) is 14.7 Å². The van der Waals surface area contributed by atoms with E-state index in [1.807, 2.05) is 50.7 Å². The maximum absolute atomic E-state index is 13.7. The van der Waals surface area contributed by atoms with E-state index < -0.39 is 5.60 Å². The third-order valence-electron chi connectivity index (χ3n) is 5.47. The monoisotopic (exact) mass is 424 g/mol. The predicted molar refractivity (Wildman–Crippen MR) is 121 cm³/mol. The highest BCUT2D eigenvalue weighted by molar-refractivity contribution is 5.95. The number of ether oxygens (including phenoxy) is 1. The molecule has 2 heterocycles. The van der Waals surface area contributed by atoms with Gasteiger partial charge in [0, 0.05) is 42.8 Å². The van der Waals surface area contributed by atoms with Gasteiger partial charge in [-0.2, -0.15) is 5.10 Å². The second-order valence-electron chi connectivity index (χ2n) is 9.10. The second-order valence-corrected chi connectivity index (χ2v) is 9.10. The molecule has 31 heavy (non-hydrogen) atoms. The summed E-state index contributed by atoms with van der Waals surface area (Å²) in [5.74, 6) is -0.271. The van der Waals surface area contributed by atoms with Crippen LogP contribution in [0.25, 0.3) is 22.2 Å². The zero-order chi connectivity index (χ0) is 22.2. The van der Waals surface area contributed by atoms with Gasteiger partial charge in [0.2, 0.25) is 0 Å². The fraction of sp³-hybridized carbons (Fsp3) is 0.417. The van der Waals surface area contributed by atoms with Gasteiger partial charge in [0.25, 0.3) is 0 Å². The van der Waals surface area contributed by atoms with Crippen LogP contribution >= 0.6 is 0 Å². The minimum atomic E-state index is -0.477. The summed E-state index contributed by atoms with van der Waals surface area (Å²) >= 11 is 0. The summed E-state index contributed by atoms with van der Waals surface area (Å²) in [5, 5.41) is 9.18. The third-order valence-corrected chi connectivity index (χ3v) is 5.47. The normalized spacial score (nSPS) is 15.3. The van der Waals surface area contributed by atoms with Gasteiger partial charge in [-0.15, -0.1) is 0 Å². The summed E-state index contributed by atoms with van der Waals surface area (Å²) in [6.07, 6.45) is 1.47. The molecule has 7 heteroatoms. The molecule has 0 radical (unpaired) electrons. The molecule has 1 fully saturated rings. The summed E-state index contributed by atoms with van der Waals surface area (Å²) < 4.78 is 21.0. The lowest BCUT2D eigenvalue weighted by atomic mass is 10.0. The number of hydrogen-bond acceptors (Lipinski definition) is 4. The first kappa shape index (κ1) is 21.2. The fourth-order valence-corrected chi connectivity index (χ4v) is 3.96. The predicted octanol–water partition coefficient (Wildman–Crippen LogP) is 5.19. The number of benzene rings is 2. The summed E-state index contributed by atoms with van der Waals surface area (Å²) in [5.41, 5.74) is 3.05. The van der Waals surface area contributed by atoms with E-state index in [9.17, 15) is 9.18 Å². The molecule has 0 spiro atoms. The molecule has 1 aliphatic rings. The van der Waals surface area contributed by atoms with Crippen molar-refractivity contribution in [3.05, 3.63) is 48.3 Å². The minimum Gasteiger partial charge on any atom is -0.444 e. The van der Waals surface area contributed by atoms with Crippen LogP contribution in [0.5, 0.6) is 0 Å². The van der Waals surface area contributed by atoms with E-state index in [4.69, 9.17) is 4.74 Å². The molecule has 6 nitrogen and oxygen atoms in total. The van der Waals surface area contributed by atoms with E-state index in [1.165, 1.54) is 12.1 Å². The first-order chi connectivity index (χ1) is 14.7. The highest BCUT2D eigenvalue weighted by Gasteiger charge is 2.27. The van der Waals surface area contributed by atoms with Gasteiger partial charge in [-0.3, -0.25) is 4.68 Å². The number of hydrogen-bond donors (Lipinski definition) is 1. The summed E-state index contributed by atoms with van der Waals surface area (Å²) in [7, 11) is 1.90. The van der Waals surface area contributed by atoms with Gasteiger partial charge in [0.1, 0.15) is 17.1 Å². The van der Waals surface area contributed by atoms with Crippen molar-refractivity contribution >= 4 is 22.7 Å². The van der Waals surface area contributed by atoms with E-state index in [2.05, 4.69) is 16.5 Å². The van der Waals surface area contributed by atoms with Crippen molar-refractivity contribution in [1.29, 1.82) is 0 Å². The van der Waals surface area contributed by atoms with Crippen molar-refractivity contribution in [3.8, 4) is 11.3 Å². The van der Waals surface area contributed by atoms with Crippen LogP contribution in [0.2, 0.25) is 0 Å². The maximum atomic E-state index is 13.7. The summed E-state index contributed by atoms with van der Waals surface area (Å²) in [6, 6.07) is 12.9. The topological polar surface area (TPSA) is 59.4 Å². The first-order valence-electron chi connectivity index (χ1n) is 10.7. The van der Waals surface area contributed by atoms with Crippen molar-refractivity contribution in [2.24, 2.45) is 7.05 Å². The molecule has 164 valence electrons. The molecule has 0 unspecified atom stereocenters. The number of halogens is 1. The Bertz CT molecular complexity index is 1090. The number of fused-ring (bicyclic) bond motifs is 1. The first-order valence-corrected chi connectivity index (χ1v) is 10.7. The molecule has 1 N–H and O–H groups in total. The van der Waals surface area contributed by atoms with Gasteiger partial charge in [0.15, 0.2) is 0 Å². The molecular weight excluding hydrogens is 395 g/mol. The Kier molecular flexibility index (Phi) is 5.60. The van der Waals surface area contributed by atoms with Gasteiger partial charge in [-0.05, 0) is 63.9 Å². The van der Waals surface area contributed by atoms with E-state index in [1.54, 1.807) is 11.0 Å². The highest BCUT2D eigenvalue weighted by Crippen LogP contribution is 2.30. The number of rotatable bonds is 3. The molecule has 0 aliphatic carbocycles. The molecule has 0 bridgehead atoms. The van der Waals surface area contributed by atoms with Crippen LogP contribution in [0.3, 0.4) is 0 Å². The zero-order valence-electron chi connectivity index (χ0n) is 18.5. The highest BCUT2D eigenvalue weighted by atomic mass is 19.1. The summed E-state index contributed by atoms with van der Waals surface area (Å²) in [6.45, 7) is 6.99. The van der Waals surface area contributed by atoms with Crippen molar-refractivity contribution in [2.45, 2.75) is 45.3 Å². The molecule has 2 aromatic carbocycles. The van der Waals surface area contributed by atoms with Gasteiger partial charge < -0.3 is 15.0 Å². The lowest BCUT2D eigenvalue weighted by Gasteiger charge is -2.34. The molecule has 4 rings (SSSR count). The Morgan fingerprint density at radius 3 is 2.58 bits per heavy atom. The molecule has 3 aromatic rings. The Balaban J connectivity index is 1.45. The summed E-state index contributed by atoms with van der Waals surface area (Å²) in [4.78, 5) is 14.0. The lowest BCUT2D eigenvalue weighted by Crippen LogP contribution is -2.44.